The van der Waals surface area contributed by atoms with Gasteiger partial charge in [-0.2, -0.15) is 4.98 Å². The number of halogens is 2. The van der Waals surface area contributed by atoms with Gasteiger partial charge in [-0.05, 0) is 88.5 Å². The summed E-state index contributed by atoms with van der Waals surface area (Å²) in [6.07, 6.45) is 7.48. The minimum Gasteiger partial charge on any atom is -0.495 e. The van der Waals surface area contributed by atoms with Crippen molar-refractivity contribution in [3.8, 4) is 11.5 Å². The van der Waals surface area contributed by atoms with Crippen LogP contribution in [-0.2, 0) is 30.4 Å². The zero-order valence-corrected chi connectivity index (χ0v) is 45.5. The van der Waals surface area contributed by atoms with Crippen molar-refractivity contribution in [3.05, 3.63) is 70.4 Å². The van der Waals surface area contributed by atoms with E-state index in [1.54, 1.807) is 44.1 Å². The second-order valence-electron chi connectivity index (χ2n) is 18.8. The van der Waals surface area contributed by atoms with Gasteiger partial charge in [-0.25, -0.2) is 9.37 Å². The summed E-state index contributed by atoms with van der Waals surface area (Å²) in [5.74, 6) is 1.60. The standard InChI is InChI=1S/C29H47N5O4S.C13H13ClN4O2.C10H16FNO2/c1-5-28(39-23-30-2)24-8-9-25(22-31-29(35)26-7-6-10-33(26)4)27(21-24)38-20-19-37-18-17-36-16-15-34-13-11-32(3)12-14-34;1-15-12-9(14)6-16-13(18-12)17-10-4-3-8(7-19)5-11(10)20-2;1-9(2,3)7(6-13)12-8(14)10(11)4-5-10/h5,8-9,21,23,26H,6-7,10-20,22H2,1-4H3,(H,31,35);3-7H,1-2H3,(H2,15,16,17,18);6-7H,4-5H2,1-3H3,(H,12,14)/b28-5+,30-23?;;/t26-;;7-/m0.1/s1. The average molecular weight is 1060 g/mol. The van der Waals surface area contributed by atoms with Crippen molar-refractivity contribution >= 4 is 75.7 Å². The number of anilines is 3. The lowest BCUT2D eigenvalue weighted by Crippen LogP contribution is -2.48. The normalized spacial score (nSPS) is 17.3. The van der Waals surface area contributed by atoms with Gasteiger partial charge >= 0.3 is 0 Å². The fourth-order valence-electron chi connectivity index (χ4n) is 7.41. The number of piperazine rings is 1. The fraction of sp³-hybridized carbons (Fsp3) is 0.558. The third-order valence-electron chi connectivity index (χ3n) is 12.2. The predicted octanol–water partition coefficient (Wildman–Crippen LogP) is 6.76. The number of hydrogen-bond acceptors (Lipinski definition) is 17. The number of aliphatic imine (C=N–C) groups is 1. The van der Waals surface area contributed by atoms with Gasteiger partial charge in [0, 0.05) is 69.4 Å². The summed E-state index contributed by atoms with van der Waals surface area (Å²) in [6.45, 7) is 17.1. The van der Waals surface area contributed by atoms with Gasteiger partial charge < -0.3 is 49.9 Å². The van der Waals surface area contributed by atoms with E-state index in [0.29, 0.717) is 73.0 Å². The lowest BCUT2D eigenvalue weighted by molar-refractivity contribution is -0.131. The second-order valence-corrected chi connectivity index (χ2v) is 20.1. The molecule has 21 heteroatoms. The number of rotatable bonds is 24. The maximum atomic E-state index is 13.3. The molecule has 2 atom stereocenters. The number of alkyl halides is 1. The molecule has 3 heterocycles. The van der Waals surface area contributed by atoms with Crippen LogP contribution in [0.15, 0.2) is 53.7 Å². The molecule has 1 aliphatic carbocycles. The molecule has 402 valence electrons. The number of methoxy groups -OCH3 is 1. The van der Waals surface area contributed by atoms with Crippen molar-refractivity contribution in [2.75, 3.05) is 118 Å². The Bertz CT molecular complexity index is 2290. The van der Waals surface area contributed by atoms with E-state index in [-0.39, 0.29) is 30.2 Å². The quantitative estimate of drug-likeness (QED) is 0.0317. The first-order chi connectivity index (χ1) is 35.0. The highest BCUT2D eigenvalue weighted by Crippen LogP contribution is 2.40. The SMILES string of the molecule is C/C=C(/SC=NC)c1ccc(CNC(=O)[C@@H]2CCCN2C)c(OCCOCCOCCN2CCN(C)CC2)c1.CC(C)(C)[C@@H](C=O)NC(=O)C1(F)CC1.CNc1nc(Nc2ccc(C=O)cc2OC)ncc1Cl. The van der Waals surface area contributed by atoms with Gasteiger partial charge in [0.2, 0.25) is 11.9 Å². The third kappa shape index (κ3) is 20.2. The van der Waals surface area contributed by atoms with Crippen molar-refractivity contribution < 1.29 is 42.5 Å². The third-order valence-corrected chi connectivity index (χ3v) is 13.5. The van der Waals surface area contributed by atoms with E-state index in [9.17, 15) is 23.6 Å². The number of aldehydes is 2. The number of likely N-dealkylation sites (N-methyl/N-ethyl adjacent to an activating group) is 2. The molecule has 6 rings (SSSR count). The first-order valence-corrected chi connectivity index (χ1v) is 25.8. The summed E-state index contributed by atoms with van der Waals surface area (Å²) in [7, 11) is 9.19. The van der Waals surface area contributed by atoms with Crippen molar-refractivity contribution in [1.29, 1.82) is 0 Å². The van der Waals surface area contributed by atoms with Gasteiger partial charge in [-0.1, -0.05) is 62.3 Å². The number of amides is 2. The summed E-state index contributed by atoms with van der Waals surface area (Å²) in [5, 5.41) is 11.9. The summed E-state index contributed by atoms with van der Waals surface area (Å²) in [4.78, 5) is 65.9. The Hall–Kier alpha value is -5.22. The Morgan fingerprint density at radius 1 is 1.00 bits per heavy atom. The number of benzene rings is 2. The van der Waals surface area contributed by atoms with Crippen LogP contribution in [0.4, 0.5) is 21.8 Å². The van der Waals surface area contributed by atoms with Crippen LogP contribution in [0.1, 0.15) is 74.9 Å². The van der Waals surface area contributed by atoms with Crippen LogP contribution < -0.4 is 30.7 Å². The number of likely N-dealkylation sites (tertiary alicyclic amines) is 1. The molecule has 0 bridgehead atoms. The molecule has 0 spiro atoms. The van der Waals surface area contributed by atoms with Crippen LogP contribution in [-0.4, -0.2) is 180 Å². The van der Waals surface area contributed by atoms with Crippen molar-refractivity contribution in [2.24, 2.45) is 10.4 Å². The first kappa shape index (κ1) is 60.3. The summed E-state index contributed by atoms with van der Waals surface area (Å²) in [5.41, 5.74) is 2.93. The topological polar surface area (TPSA) is 201 Å². The summed E-state index contributed by atoms with van der Waals surface area (Å²) >= 11 is 7.49. The molecule has 3 aliphatic rings. The Kier molecular flexibility index (Phi) is 25.5. The highest BCUT2D eigenvalue weighted by Gasteiger charge is 2.51. The molecule has 0 unspecified atom stereocenters. The molecule has 4 N–H and O–H groups in total. The number of carbonyl (C=O) groups excluding carboxylic acids is 4. The van der Waals surface area contributed by atoms with Crippen molar-refractivity contribution in [2.45, 2.75) is 77.7 Å². The van der Waals surface area contributed by atoms with E-state index in [4.69, 9.17) is 30.5 Å². The van der Waals surface area contributed by atoms with Crippen molar-refractivity contribution in [3.63, 3.8) is 0 Å². The molecule has 3 aromatic rings. The van der Waals surface area contributed by atoms with E-state index in [2.05, 4.69) is 70.1 Å². The smallest absolute Gasteiger partial charge is 0.258 e. The number of carbonyl (C=O) groups is 4. The minimum absolute atomic E-state index is 0.0508. The van der Waals surface area contributed by atoms with E-state index >= 15 is 0 Å². The maximum absolute atomic E-state index is 13.3. The fourth-order valence-corrected chi connectivity index (χ4v) is 8.21. The van der Waals surface area contributed by atoms with Crippen LogP contribution in [0.25, 0.3) is 4.91 Å². The second kappa shape index (κ2) is 30.9. The minimum atomic E-state index is -1.70. The lowest BCUT2D eigenvalue weighted by atomic mass is 9.87. The number of ether oxygens (including phenoxy) is 4. The molecular weight excluding hydrogens is 979 g/mol. The number of hydrogen-bond donors (Lipinski definition) is 4. The van der Waals surface area contributed by atoms with Gasteiger partial charge in [0.05, 0.1) is 63.1 Å². The summed E-state index contributed by atoms with van der Waals surface area (Å²) in [6, 6.07) is 10.5. The predicted molar refractivity (Wildman–Crippen MR) is 289 cm³/mol. The molecule has 0 radical (unpaired) electrons. The monoisotopic (exact) mass is 1050 g/mol. The van der Waals surface area contributed by atoms with E-state index < -0.39 is 17.6 Å². The zero-order valence-electron chi connectivity index (χ0n) is 43.9. The molecule has 2 saturated heterocycles. The van der Waals surface area contributed by atoms with Crippen LogP contribution in [0.3, 0.4) is 0 Å². The van der Waals surface area contributed by atoms with Gasteiger partial charge in [0.15, 0.2) is 5.67 Å². The van der Waals surface area contributed by atoms with Crippen LogP contribution >= 0.6 is 23.4 Å². The van der Waals surface area contributed by atoms with Gasteiger partial charge in [-0.3, -0.25) is 29.2 Å². The molecule has 2 aromatic carbocycles. The number of nitrogens with zero attached hydrogens (tertiary/aromatic N) is 6. The molecule has 18 nitrogen and oxygen atoms in total. The maximum Gasteiger partial charge on any atom is 0.258 e. The van der Waals surface area contributed by atoms with Gasteiger partial charge in [0.1, 0.15) is 41.5 Å². The molecule has 1 aromatic heterocycles. The van der Waals surface area contributed by atoms with E-state index in [0.717, 1.165) is 86.8 Å². The zero-order chi connectivity index (χ0) is 53.4. The molecule has 73 heavy (non-hydrogen) atoms. The number of allylic oxidation sites excluding steroid dienone is 1. The van der Waals surface area contributed by atoms with Crippen molar-refractivity contribution in [1.82, 2.24) is 35.3 Å². The molecular formula is C52H76ClFN10O8S. The Morgan fingerprint density at radius 3 is 2.32 bits per heavy atom. The molecule has 2 amide bonds. The highest BCUT2D eigenvalue weighted by molar-refractivity contribution is 8.20. The molecule has 2 aliphatic heterocycles. The van der Waals surface area contributed by atoms with Gasteiger partial charge in [-0.15, -0.1) is 0 Å². The highest BCUT2D eigenvalue weighted by atomic mass is 35.5. The number of aromatic nitrogens is 2. The molecule has 1 saturated carbocycles. The first-order valence-electron chi connectivity index (χ1n) is 24.6. The Morgan fingerprint density at radius 2 is 1.71 bits per heavy atom. The Labute approximate surface area is 439 Å². The van der Waals surface area contributed by atoms with Crippen LogP contribution in [0.5, 0.6) is 11.5 Å². The van der Waals surface area contributed by atoms with Gasteiger partial charge in [0.25, 0.3) is 5.91 Å². The van der Waals surface area contributed by atoms with Crippen LogP contribution in [0, 0.1) is 5.41 Å². The molecule has 3 fully saturated rings. The number of nitrogens with one attached hydrogen (secondary N) is 4. The number of thioether (sulfide) groups is 1. The summed E-state index contributed by atoms with van der Waals surface area (Å²) < 4.78 is 36.1. The average Bonchev–Trinajstić information content (AvgIpc) is 4.00. The van der Waals surface area contributed by atoms with E-state index in [1.807, 2.05) is 52.4 Å². The van der Waals surface area contributed by atoms with Crippen LogP contribution in [0.2, 0.25) is 5.02 Å². The Balaban J connectivity index is 0.000000280. The largest absolute Gasteiger partial charge is 0.495 e. The lowest BCUT2D eigenvalue weighted by Gasteiger charge is -2.32. The van der Waals surface area contributed by atoms with E-state index in [1.165, 1.54) is 13.3 Å².